The predicted octanol–water partition coefficient (Wildman–Crippen LogP) is 3.19. The van der Waals surface area contributed by atoms with Crippen molar-refractivity contribution >= 4 is 11.5 Å². The van der Waals surface area contributed by atoms with Crippen molar-refractivity contribution in [1.29, 1.82) is 0 Å². The highest BCUT2D eigenvalue weighted by Gasteiger charge is 2.33. The minimum atomic E-state index is -0.273. The topological polar surface area (TPSA) is 98.6 Å². The third-order valence-electron chi connectivity index (χ3n) is 5.27. The van der Waals surface area contributed by atoms with Gasteiger partial charge in [-0.05, 0) is 30.5 Å². The maximum Gasteiger partial charge on any atom is 0.238 e. The van der Waals surface area contributed by atoms with Gasteiger partial charge in [-0.3, -0.25) is 0 Å². The third kappa shape index (κ3) is 3.40. The summed E-state index contributed by atoms with van der Waals surface area (Å²) in [7, 11) is 0. The van der Waals surface area contributed by atoms with Crippen molar-refractivity contribution in [3.63, 3.8) is 0 Å². The van der Waals surface area contributed by atoms with Gasteiger partial charge in [-0.2, -0.15) is 0 Å². The molecule has 1 aliphatic rings. The van der Waals surface area contributed by atoms with Crippen molar-refractivity contribution in [2.75, 3.05) is 5.73 Å². The van der Waals surface area contributed by atoms with E-state index in [1.807, 2.05) is 54.6 Å². The van der Waals surface area contributed by atoms with Crippen molar-refractivity contribution in [3.8, 4) is 17.0 Å². The molecule has 2 aromatic carbocycles. The van der Waals surface area contributed by atoms with Gasteiger partial charge in [0.05, 0.1) is 18.0 Å². The Bertz CT molecular complexity index is 1150. The molecule has 3 N–H and O–H groups in total. The fraction of sp³-hybridized carbons (Fsp3) is 0.227. The van der Waals surface area contributed by atoms with E-state index < -0.39 is 0 Å². The molecule has 0 bridgehead atoms. The average Bonchev–Trinajstić information content (AvgIpc) is 3.09. The second-order valence-electron chi connectivity index (χ2n) is 7.36. The minimum absolute atomic E-state index is 0.165. The van der Waals surface area contributed by atoms with Crippen LogP contribution in [-0.4, -0.2) is 30.8 Å². The van der Waals surface area contributed by atoms with E-state index in [9.17, 15) is 5.11 Å². The number of fused-ring (bicyclic) bond motifs is 1. The van der Waals surface area contributed by atoms with E-state index >= 15 is 0 Å². The van der Waals surface area contributed by atoms with E-state index in [4.69, 9.17) is 15.5 Å². The fourth-order valence-corrected chi connectivity index (χ4v) is 3.67. The summed E-state index contributed by atoms with van der Waals surface area (Å²) in [6.45, 7) is 0.499. The van der Waals surface area contributed by atoms with Gasteiger partial charge in [0.15, 0.2) is 0 Å². The van der Waals surface area contributed by atoms with Crippen LogP contribution in [0, 0.1) is 0 Å². The van der Waals surface area contributed by atoms with Crippen molar-refractivity contribution in [3.05, 3.63) is 72.2 Å². The maximum absolute atomic E-state index is 9.71. The summed E-state index contributed by atoms with van der Waals surface area (Å²) in [6.07, 6.45) is 2.79. The highest BCUT2D eigenvalue weighted by molar-refractivity contribution is 5.77. The van der Waals surface area contributed by atoms with Gasteiger partial charge in [0.25, 0.3) is 0 Å². The summed E-state index contributed by atoms with van der Waals surface area (Å²) in [5.41, 5.74) is 9.41. The highest BCUT2D eigenvalue weighted by atomic mass is 16.5. The van der Waals surface area contributed by atoms with Crippen LogP contribution in [0.25, 0.3) is 16.8 Å². The molecular weight excluding hydrogens is 366 g/mol. The van der Waals surface area contributed by atoms with Crippen molar-refractivity contribution in [2.24, 2.45) is 0 Å². The van der Waals surface area contributed by atoms with E-state index in [1.165, 1.54) is 0 Å². The lowest BCUT2D eigenvalue weighted by Gasteiger charge is -2.29. The molecule has 0 amide bonds. The molecule has 146 valence electrons. The first-order valence-electron chi connectivity index (χ1n) is 9.64. The summed E-state index contributed by atoms with van der Waals surface area (Å²) in [6, 6.07) is 17.9. The zero-order valence-electron chi connectivity index (χ0n) is 15.8. The van der Waals surface area contributed by atoms with E-state index in [2.05, 4.69) is 10.1 Å². The first-order valence-corrected chi connectivity index (χ1v) is 9.64. The first-order chi connectivity index (χ1) is 14.2. The monoisotopic (exact) mass is 387 g/mol. The number of benzene rings is 2. The number of hydrogen-bond acceptors (Lipinski definition) is 6. The average molecular weight is 387 g/mol. The molecule has 1 aliphatic carbocycles. The van der Waals surface area contributed by atoms with Gasteiger partial charge < -0.3 is 15.6 Å². The Morgan fingerprint density at radius 3 is 2.72 bits per heavy atom. The number of imidazole rings is 1. The molecule has 0 spiro atoms. The van der Waals surface area contributed by atoms with Gasteiger partial charge in [-0.25, -0.2) is 14.5 Å². The van der Waals surface area contributed by atoms with Crippen molar-refractivity contribution in [1.82, 2.24) is 19.6 Å². The fourth-order valence-electron chi connectivity index (χ4n) is 3.67. The van der Waals surface area contributed by atoms with Crippen LogP contribution in [-0.2, 0) is 6.61 Å². The predicted molar refractivity (Wildman–Crippen MR) is 109 cm³/mol. The molecule has 7 nitrogen and oxygen atoms in total. The van der Waals surface area contributed by atoms with Crippen LogP contribution < -0.4 is 10.5 Å². The molecule has 1 fully saturated rings. The van der Waals surface area contributed by atoms with Gasteiger partial charge in [-0.15, -0.1) is 5.10 Å². The van der Waals surface area contributed by atoms with Crippen LogP contribution in [0.1, 0.15) is 30.1 Å². The summed E-state index contributed by atoms with van der Waals surface area (Å²) in [5.74, 6) is 1.94. The second kappa shape index (κ2) is 7.18. The van der Waals surface area contributed by atoms with Crippen LogP contribution in [0.5, 0.6) is 5.75 Å². The number of anilines is 1. The SMILES string of the molecule is Nc1ncc2c(-c3cccc(OCc4ccccc4)c3)nc(C3CC(O)C3)n2n1. The second-order valence-corrected chi connectivity index (χ2v) is 7.36. The molecule has 4 aromatic rings. The molecule has 2 heterocycles. The highest BCUT2D eigenvalue weighted by Crippen LogP contribution is 2.38. The number of nitrogens with two attached hydrogens (primary N) is 1. The summed E-state index contributed by atoms with van der Waals surface area (Å²) < 4.78 is 7.72. The van der Waals surface area contributed by atoms with E-state index in [0.717, 1.165) is 33.9 Å². The van der Waals surface area contributed by atoms with Crippen LogP contribution in [0.4, 0.5) is 5.95 Å². The number of aliphatic hydroxyl groups excluding tert-OH is 1. The third-order valence-corrected chi connectivity index (χ3v) is 5.27. The van der Waals surface area contributed by atoms with Gasteiger partial charge in [0.2, 0.25) is 5.95 Å². The zero-order valence-corrected chi connectivity index (χ0v) is 15.8. The van der Waals surface area contributed by atoms with E-state index in [-0.39, 0.29) is 18.0 Å². The first kappa shape index (κ1) is 17.6. The molecule has 29 heavy (non-hydrogen) atoms. The Kier molecular flexibility index (Phi) is 4.37. The number of hydrogen-bond donors (Lipinski definition) is 2. The maximum atomic E-state index is 9.71. The summed E-state index contributed by atoms with van der Waals surface area (Å²) in [4.78, 5) is 9.00. The van der Waals surface area contributed by atoms with E-state index in [0.29, 0.717) is 19.4 Å². The Hall–Kier alpha value is -3.45. The molecule has 2 aromatic heterocycles. The molecule has 7 heteroatoms. The Balaban J connectivity index is 1.49. The van der Waals surface area contributed by atoms with Gasteiger partial charge in [0.1, 0.15) is 23.7 Å². The van der Waals surface area contributed by atoms with Gasteiger partial charge >= 0.3 is 0 Å². The summed E-state index contributed by atoms with van der Waals surface area (Å²) >= 11 is 0. The molecule has 0 atom stereocenters. The smallest absolute Gasteiger partial charge is 0.238 e. The number of nitrogens with zero attached hydrogens (tertiary/aromatic N) is 4. The van der Waals surface area contributed by atoms with Crippen LogP contribution in [0.2, 0.25) is 0 Å². The van der Waals surface area contributed by atoms with Crippen molar-refractivity contribution < 1.29 is 9.84 Å². The van der Waals surface area contributed by atoms with Gasteiger partial charge in [0, 0.05) is 11.5 Å². The normalized spacial score (nSPS) is 18.5. The van der Waals surface area contributed by atoms with Crippen molar-refractivity contribution in [2.45, 2.75) is 31.5 Å². The minimum Gasteiger partial charge on any atom is -0.489 e. The lowest BCUT2D eigenvalue weighted by Crippen LogP contribution is -2.28. The quantitative estimate of drug-likeness (QED) is 0.546. The lowest BCUT2D eigenvalue weighted by molar-refractivity contribution is 0.0711. The standard InChI is InChI=1S/C22H21N5O2/c23-22-24-12-19-20(25-21(27(19)26-22)16-9-17(28)10-16)15-7-4-8-18(11-15)29-13-14-5-2-1-3-6-14/h1-8,11-12,16-17,28H,9-10,13H2,(H2,23,26). The van der Waals surface area contributed by atoms with E-state index in [1.54, 1.807) is 10.7 Å². The molecule has 0 radical (unpaired) electrons. The number of nitrogen functional groups attached to an aromatic ring is 1. The Morgan fingerprint density at radius 1 is 1.10 bits per heavy atom. The number of aromatic nitrogens is 4. The van der Waals surface area contributed by atoms with Gasteiger partial charge in [-0.1, -0.05) is 42.5 Å². The van der Waals surface area contributed by atoms with Crippen LogP contribution in [0.3, 0.4) is 0 Å². The molecular formula is C22H21N5O2. The molecule has 5 rings (SSSR count). The summed E-state index contributed by atoms with van der Waals surface area (Å²) in [5, 5.41) is 14.1. The Labute approximate surface area is 167 Å². The lowest BCUT2D eigenvalue weighted by atomic mass is 9.82. The molecule has 0 saturated heterocycles. The number of aliphatic hydroxyl groups is 1. The van der Waals surface area contributed by atoms with Crippen LogP contribution >= 0.6 is 0 Å². The number of rotatable bonds is 5. The molecule has 0 aliphatic heterocycles. The molecule has 1 saturated carbocycles. The largest absolute Gasteiger partial charge is 0.489 e. The Morgan fingerprint density at radius 2 is 1.93 bits per heavy atom. The zero-order chi connectivity index (χ0) is 19.8. The van der Waals surface area contributed by atoms with Crippen LogP contribution in [0.15, 0.2) is 60.8 Å². The number of ether oxygens (including phenoxy) is 1. The molecule has 0 unspecified atom stereocenters.